The number of nitrogens with zero attached hydrogens (tertiary/aromatic N) is 1. The van der Waals surface area contributed by atoms with Gasteiger partial charge in [0.25, 0.3) is 5.91 Å². The Kier molecular flexibility index (Phi) is 7.75. The Morgan fingerprint density at radius 1 is 1.31 bits per heavy atom. The van der Waals surface area contributed by atoms with Gasteiger partial charge in [-0.15, -0.1) is 0 Å². The summed E-state index contributed by atoms with van der Waals surface area (Å²) in [5, 5.41) is 13.8. The van der Waals surface area contributed by atoms with E-state index < -0.39 is 6.10 Å². The first-order valence-electron chi connectivity index (χ1n) is 10.2. The molecule has 0 aromatic heterocycles. The van der Waals surface area contributed by atoms with Gasteiger partial charge in [-0.1, -0.05) is 11.6 Å². The molecule has 160 valence electrons. The van der Waals surface area contributed by atoms with Crippen LogP contribution in [0.1, 0.15) is 43.0 Å². The van der Waals surface area contributed by atoms with Crippen LogP contribution in [0.3, 0.4) is 0 Å². The molecule has 1 amide bonds. The van der Waals surface area contributed by atoms with E-state index in [0.717, 1.165) is 32.4 Å². The van der Waals surface area contributed by atoms with Crippen LogP contribution < -0.4 is 14.8 Å². The number of rotatable bonds is 7. The van der Waals surface area contributed by atoms with Gasteiger partial charge in [-0.2, -0.15) is 0 Å². The van der Waals surface area contributed by atoms with E-state index >= 15 is 0 Å². The van der Waals surface area contributed by atoms with Gasteiger partial charge in [-0.3, -0.25) is 4.79 Å². The topological polar surface area (TPSA) is 88.1 Å². The van der Waals surface area contributed by atoms with Gasteiger partial charge in [-0.25, -0.2) is 0 Å². The van der Waals surface area contributed by atoms with Gasteiger partial charge in [0.05, 0.1) is 24.9 Å². The second-order valence-corrected chi connectivity index (χ2v) is 8.20. The average Bonchev–Trinajstić information content (AvgIpc) is 2.91. The third kappa shape index (κ3) is 6.07. The maximum absolute atomic E-state index is 12.8. The van der Waals surface area contributed by atoms with Gasteiger partial charge < -0.3 is 29.6 Å². The van der Waals surface area contributed by atoms with Crippen molar-refractivity contribution in [2.45, 2.75) is 38.7 Å². The summed E-state index contributed by atoms with van der Waals surface area (Å²) < 4.78 is 11.3. The number of benzene rings is 1. The number of hydrogen-bond acceptors (Lipinski definition) is 6. The Hall–Kier alpha value is -1.83. The molecule has 0 radical (unpaired) electrons. The number of carbonyl (C=O) groups is 2. The molecule has 0 spiro atoms. The number of piperidine rings is 1. The highest BCUT2D eigenvalue weighted by Gasteiger charge is 2.28. The molecule has 2 aliphatic heterocycles. The zero-order chi connectivity index (χ0) is 20.8. The largest absolute Gasteiger partial charge is 0.489 e. The first kappa shape index (κ1) is 21.9. The van der Waals surface area contributed by atoms with Crippen LogP contribution >= 0.6 is 11.6 Å². The van der Waals surface area contributed by atoms with Crippen LogP contribution in [0.4, 0.5) is 0 Å². The van der Waals surface area contributed by atoms with Crippen LogP contribution in [0.2, 0.25) is 5.02 Å². The lowest BCUT2D eigenvalue weighted by molar-refractivity contribution is -0.117. The molecule has 1 fully saturated rings. The highest BCUT2D eigenvalue weighted by Crippen LogP contribution is 2.36. The molecule has 0 bridgehead atoms. The van der Waals surface area contributed by atoms with Crippen molar-refractivity contribution in [3.05, 3.63) is 22.7 Å². The van der Waals surface area contributed by atoms with Crippen molar-refractivity contribution in [1.82, 2.24) is 10.2 Å². The number of halogens is 1. The van der Waals surface area contributed by atoms with Crippen molar-refractivity contribution in [1.29, 1.82) is 0 Å². The van der Waals surface area contributed by atoms with Gasteiger partial charge in [0.15, 0.2) is 11.5 Å². The third-order valence-electron chi connectivity index (χ3n) is 5.39. The Bertz CT molecular complexity index is 742. The van der Waals surface area contributed by atoms with Crippen LogP contribution in [0.15, 0.2) is 12.1 Å². The van der Waals surface area contributed by atoms with Gasteiger partial charge in [-0.05, 0) is 38.9 Å². The normalized spacial score (nSPS) is 22.0. The molecule has 1 aromatic rings. The van der Waals surface area contributed by atoms with E-state index in [-0.39, 0.29) is 17.6 Å². The zero-order valence-corrected chi connectivity index (χ0v) is 17.5. The molecule has 3 rings (SSSR count). The number of amides is 1. The molecule has 29 heavy (non-hydrogen) atoms. The van der Waals surface area contributed by atoms with Gasteiger partial charge >= 0.3 is 0 Å². The standard InChI is InChI=1S/C21H29ClN2O5/c1-14(25)4-2-6-24-7-5-15(18(26)13-24)12-23-21(27)17-10-16(22)11-19-20(17)29-9-3-8-28-19/h10-11,15,18,26H,2-9,12-13H2,1H3,(H,23,27)/t15-,18+/m0/s1. The Morgan fingerprint density at radius 2 is 2.10 bits per heavy atom. The van der Waals surface area contributed by atoms with Crippen LogP contribution in [0.25, 0.3) is 0 Å². The molecule has 2 aliphatic rings. The quantitative estimate of drug-likeness (QED) is 0.698. The van der Waals surface area contributed by atoms with E-state index in [4.69, 9.17) is 21.1 Å². The summed E-state index contributed by atoms with van der Waals surface area (Å²) in [5.74, 6) is 0.795. The highest BCUT2D eigenvalue weighted by molar-refractivity contribution is 6.31. The fourth-order valence-corrected chi connectivity index (χ4v) is 3.97. The number of ketones is 1. The fourth-order valence-electron chi connectivity index (χ4n) is 3.77. The minimum Gasteiger partial charge on any atom is -0.489 e. The van der Waals surface area contributed by atoms with Crippen LogP contribution in [-0.4, -0.2) is 67.2 Å². The van der Waals surface area contributed by atoms with Crippen LogP contribution in [-0.2, 0) is 4.79 Å². The number of carbonyl (C=O) groups excluding carboxylic acids is 2. The van der Waals surface area contributed by atoms with Crippen molar-refractivity contribution in [2.24, 2.45) is 5.92 Å². The van der Waals surface area contributed by atoms with E-state index in [9.17, 15) is 14.7 Å². The average molecular weight is 425 g/mol. The summed E-state index contributed by atoms with van der Waals surface area (Å²) >= 11 is 6.15. The molecule has 7 nitrogen and oxygen atoms in total. The molecule has 2 N–H and O–H groups in total. The molecular formula is C21H29ClN2O5. The summed E-state index contributed by atoms with van der Waals surface area (Å²) in [6.07, 6.45) is 2.39. The minimum absolute atomic E-state index is 0.0158. The molecule has 0 unspecified atom stereocenters. The summed E-state index contributed by atoms with van der Waals surface area (Å²) in [7, 11) is 0. The number of aliphatic hydroxyl groups is 1. The number of Topliss-reactive ketones (excluding diaryl/α,β-unsaturated/α-hetero) is 1. The molecule has 0 aliphatic carbocycles. The first-order chi connectivity index (χ1) is 13.9. The van der Waals surface area contributed by atoms with E-state index in [1.54, 1.807) is 19.1 Å². The number of nitrogens with one attached hydrogen (secondary N) is 1. The second kappa shape index (κ2) is 10.3. The number of fused-ring (bicyclic) bond motifs is 1. The van der Waals surface area contributed by atoms with Crippen molar-refractivity contribution >= 4 is 23.3 Å². The summed E-state index contributed by atoms with van der Waals surface area (Å²) in [5.41, 5.74) is 0.352. The molecular weight excluding hydrogens is 396 g/mol. The monoisotopic (exact) mass is 424 g/mol. The van der Waals surface area contributed by atoms with Crippen LogP contribution in [0.5, 0.6) is 11.5 Å². The molecule has 1 saturated heterocycles. The predicted octanol–water partition coefficient (Wildman–Crippen LogP) is 2.28. The number of hydrogen-bond donors (Lipinski definition) is 2. The SMILES string of the molecule is CC(=O)CCCN1CC[C@@H](CNC(=O)c2cc(Cl)cc3c2OCCCO3)[C@H](O)C1. The lowest BCUT2D eigenvalue weighted by Crippen LogP contribution is -2.47. The van der Waals surface area contributed by atoms with Crippen LogP contribution in [0, 0.1) is 5.92 Å². The lowest BCUT2D eigenvalue weighted by atomic mass is 9.93. The summed E-state index contributed by atoms with van der Waals surface area (Å²) in [4.78, 5) is 26.0. The third-order valence-corrected chi connectivity index (χ3v) is 5.61. The van der Waals surface area contributed by atoms with Crippen molar-refractivity contribution in [3.8, 4) is 11.5 Å². The number of ether oxygens (including phenoxy) is 2. The maximum atomic E-state index is 12.8. The molecule has 1 aromatic carbocycles. The molecule has 0 saturated carbocycles. The minimum atomic E-state index is -0.516. The lowest BCUT2D eigenvalue weighted by Gasteiger charge is -2.36. The fraction of sp³-hybridized carbons (Fsp3) is 0.619. The molecule has 2 heterocycles. The highest BCUT2D eigenvalue weighted by atomic mass is 35.5. The zero-order valence-electron chi connectivity index (χ0n) is 16.8. The van der Waals surface area contributed by atoms with Crippen molar-refractivity contribution in [3.63, 3.8) is 0 Å². The van der Waals surface area contributed by atoms with Gasteiger partial charge in [0.2, 0.25) is 0 Å². The van der Waals surface area contributed by atoms with E-state index in [1.807, 2.05) is 0 Å². The number of β-amino-alcohol motifs (C(OH)–C–C–N with tert-alkyl or cyclic N) is 1. The van der Waals surface area contributed by atoms with Crippen molar-refractivity contribution < 1.29 is 24.2 Å². The Morgan fingerprint density at radius 3 is 2.86 bits per heavy atom. The summed E-state index contributed by atoms with van der Waals surface area (Å²) in [6.45, 7) is 5.19. The van der Waals surface area contributed by atoms with E-state index in [1.165, 1.54) is 0 Å². The Balaban J connectivity index is 1.54. The van der Waals surface area contributed by atoms with Gasteiger partial charge in [0, 0.05) is 42.9 Å². The summed E-state index contributed by atoms with van der Waals surface area (Å²) in [6, 6.07) is 3.24. The second-order valence-electron chi connectivity index (χ2n) is 7.76. The number of aliphatic hydroxyl groups excluding tert-OH is 1. The molecule has 8 heteroatoms. The van der Waals surface area contributed by atoms with Crippen molar-refractivity contribution in [2.75, 3.05) is 39.4 Å². The molecule has 2 atom stereocenters. The first-order valence-corrected chi connectivity index (χ1v) is 10.6. The maximum Gasteiger partial charge on any atom is 0.255 e. The van der Waals surface area contributed by atoms with E-state index in [2.05, 4.69) is 10.2 Å². The van der Waals surface area contributed by atoms with Gasteiger partial charge in [0.1, 0.15) is 5.78 Å². The smallest absolute Gasteiger partial charge is 0.255 e. The Labute approximate surface area is 176 Å². The van der Waals surface area contributed by atoms with E-state index in [0.29, 0.717) is 54.8 Å². The number of likely N-dealkylation sites (tertiary alicyclic amines) is 1. The predicted molar refractivity (Wildman–Crippen MR) is 110 cm³/mol.